The maximum absolute atomic E-state index is 5.81. The van der Waals surface area contributed by atoms with Crippen LogP contribution in [0.3, 0.4) is 0 Å². The first-order valence-electron chi connectivity index (χ1n) is 9.46. The number of rotatable bonds is 7. The van der Waals surface area contributed by atoms with Gasteiger partial charge in [0.25, 0.3) is 0 Å². The van der Waals surface area contributed by atoms with E-state index in [-0.39, 0.29) is 0 Å². The van der Waals surface area contributed by atoms with Crippen molar-refractivity contribution in [3.05, 3.63) is 0 Å². The van der Waals surface area contributed by atoms with E-state index in [2.05, 4.69) is 25.7 Å². The van der Waals surface area contributed by atoms with Gasteiger partial charge in [-0.05, 0) is 81.8 Å². The molecule has 0 aromatic rings. The van der Waals surface area contributed by atoms with Crippen LogP contribution < -0.4 is 5.73 Å². The summed E-state index contributed by atoms with van der Waals surface area (Å²) < 4.78 is 0. The van der Waals surface area contributed by atoms with Crippen molar-refractivity contribution < 1.29 is 0 Å². The molecule has 124 valence electrons. The fraction of sp³-hybridized carbons (Fsp3) is 1.00. The summed E-state index contributed by atoms with van der Waals surface area (Å²) >= 11 is 0. The molecule has 2 fully saturated rings. The van der Waals surface area contributed by atoms with Crippen molar-refractivity contribution in [2.45, 2.75) is 84.6 Å². The van der Waals surface area contributed by atoms with Gasteiger partial charge in [-0.1, -0.05) is 33.6 Å². The minimum atomic E-state index is 0.412. The predicted molar refractivity (Wildman–Crippen MR) is 92.4 cm³/mol. The predicted octanol–water partition coefficient (Wildman–Crippen LogP) is 4.43. The lowest BCUT2D eigenvalue weighted by Gasteiger charge is -2.33. The summed E-state index contributed by atoms with van der Waals surface area (Å²) in [4.78, 5) is 2.83. The van der Waals surface area contributed by atoms with Crippen molar-refractivity contribution in [3.8, 4) is 0 Å². The summed E-state index contributed by atoms with van der Waals surface area (Å²) in [6.45, 7) is 10.7. The number of nitrogens with zero attached hydrogens (tertiary/aromatic N) is 1. The highest BCUT2D eigenvalue weighted by Crippen LogP contribution is 2.36. The Bertz CT molecular complexity index is 288. The second-order valence-corrected chi connectivity index (χ2v) is 8.57. The van der Waals surface area contributed by atoms with Crippen molar-refractivity contribution >= 4 is 0 Å². The molecule has 2 unspecified atom stereocenters. The molecule has 2 aliphatic rings. The second kappa shape index (κ2) is 7.97. The van der Waals surface area contributed by atoms with Crippen LogP contribution in [0.5, 0.6) is 0 Å². The molecular weight excluding hydrogens is 256 g/mol. The van der Waals surface area contributed by atoms with Gasteiger partial charge in [0, 0.05) is 6.04 Å². The highest BCUT2D eigenvalue weighted by atomic mass is 15.2. The Balaban J connectivity index is 1.76. The van der Waals surface area contributed by atoms with E-state index >= 15 is 0 Å². The van der Waals surface area contributed by atoms with Crippen LogP contribution in [0.25, 0.3) is 0 Å². The van der Waals surface area contributed by atoms with E-state index in [1.165, 1.54) is 70.9 Å². The van der Waals surface area contributed by atoms with Gasteiger partial charge in [0.2, 0.25) is 0 Å². The summed E-state index contributed by atoms with van der Waals surface area (Å²) in [7, 11) is 0. The van der Waals surface area contributed by atoms with Crippen LogP contribution in [-0.2, 0) is 0 Å². The van der Waals surface area contributed by atoms with Crippen molar-refractivity contribution in [1.82, 2.24) is 4.90 Å². The Morgan fingerprint density at radius 3 is 2.38 bits per heavy atom. The standard InChI is InChI=1S/C19H38N2/c1-19(2,3)17(12-13-20)10-6-14-21-15-7-11-18(21)16-8-4-5-9-16/h16-18H,4-15,20H2,1-3H3. The van der Waals surface area contributed by atoms with Crippen LogP contribution in [0.1, 0.15) is 78.6 Å². The van der Waals surface area contributed by atoms with Crippen LogP contribution >= 0.6 is 0 Å². The zero-order valence-electron chi connectivity index (χ0n) is 14.7. The smallest absolute Gasteiger partial charge is 0.0124 e. The summed E-state index contributed by atoms with van der Waals surface area (Å²) in [6, 6.07) is 0.926. The van der Waals surface area contributed by atoms with E-state index in [9.17, 15) is 0 Å². The zero-order valence-corrected chi connectivity index (χ0v) is 14.7. The summed E-state index contributed by atoms with van der Waals surface area (Å²) in [5, 5.41) is 0. The van der Waals surface area contributed by atoms with E-state index in [0.29, 0.717) is 5.41 Å². The lowest BCUT2D eigenvalue weighted by Crippen LogP contribution is -2.35. The van der Waals surface area contributed by atoms with Gasteiger partial charge >= 0.3 is 0 Å². The number of hydrogen-bond donors (Lipinski definition) is 1. The Labute approximate surface area is 132 Å². The first-order chi connectivity index (χ1) is 10.0. The molecule has 0 spiro atoms. The quantitative estimate of drug-likeness (QED) is 0.752. The molecular formula is C19H38N2. The molecule has 2 atom stereocenters. The minimum Gasteiger partial charge on any atom is -0.330 e. The largest absolute Gasteiger partial charge is 0.330 e. The fourth-order valence-corrected chi connectivity index (χ4v) is 4.76. The molecule has 1 aliphatic heterocycles. The van der Waals surface area contributed by atoms with Crippen molar-refractivity contribution in [1.29, 1.82) is 0 Å². The normalized spacial score (nSPS) is 26.6. The number of hydrogen-bond acceptors (Lipinski definition) is 2. The molecule has 0 aromatic heterocycles. The van der Waals surface area contributed by atoms with Crippen LogP contribution in [-0.4, -0.2) is 30.6 Å². The van der Waals surface area contributed by atoms with Gasteiger partial charge in [-0.25, -0.2) is 0 Å². The SMILES string of the molecule is CC(C)(C)C(CCN)CCCN1CCCC1C1CCCC1. The summed E-state index contributed by atoms with van der Waals surface area (Å²) in [6.07, 6.45) is 12.8. The molecule has 2 heteroatoms. The zero-order chi connectivity index (χ0) is 15.3. The van der Waals surface area contributed by atoms with Gasteiger partial charge in [0.05, 0.1) is 0 Å². The third kappa shape index (κ3) is 4.96. The fourth-order valence-electron chi connectivity index (χ4n) is 4.76. The van der Waals surface area contributed by atoms with Crippen molar-refractivity contribution in [2.75, 3.05) is 19.6 Å². The Hall–Kier alpha value is -0.0800. The average Bonchev–Trinajstić information content (AvgIpc) is 3.06. The summed E-state index contributed by atoms with van der Waals surface area (Å²) in [5.41, 5.74) is 6.23. The number of nitrogens with two attached hydrogens (primary N) is 1. The highest BCUT2D eigenvalue weighted by Gasteiger charge is 2.33. The van der Waals surface area contributed by atoms with Crippen molar-refractivity contribution in [3.63, 3.8) is 0 Å². The van der Waals surface area contributed by atoms with Gasteiger partial charge < -0.3 is 10.6 Å². The van der Waals surface area contributed by atoms with Crippen LogP contribution in [0.4, 0.5) is 0 Å². The van der Waals surface area contributed by atoms with E-state index in [4.69, 9.17) is 5.73 Å². The molecule has 1 heterocycles. The van der Waals surface area contributed by atoms with Gasteiger partial charge in [0.15, 0.2) is 0 Å². The maximum Gasteiger partial charge on any atom is 0.0124 e. The molecule has 2 N–H and O–H groups in total. The topological polar surface area (TPSA) is 29.3 Å². The lowest BCUT2D eigenvalue weighted by molar-refractivity contribution is 0.165. The first-order valence-corrected chi connectivity index (χ1v) is 9.46. The van der Waals surface area contributed by atoms with E-state index in [0.717, 1.165) is 24.4 Å². The molecule has 0 bridgehead atoms. The van der Waals surface area contributed by atoms with E-state index in [1.807, 2.05) is 0 Å². The maximum atomic E-state index is 5.81. The third-order valence-corrected chi connectivity index (χ3v) is 6.10. The van der Waals surface area contributed by atoms with Gasteiger partial charge in [-0.2, -0.15) is 0 Å². The monoisotopic (exact) mass is 294 g/mol. The van der Waals surface area contributed by atoms with E-state index < -0.39 is 0 Å². The molecule has 1 saturated carbocycles. The Kier molecular flexibility index (Phi) is 6.55. The molecule has 2 nitrogen and oxygen atoms in total. The van der Waals surface area contributed by atoms with E-state index in [1.54, 1.807) is 0 Å². The molecule has 1 aliphatic carbocycles. The first kappa shape index (κ1) is 17.3. The minimum absolute atomic E-state index is 0.412. The van der Waals surface area contributed by atoms with Crippen LogP contribution in [0.2, 0.25) is 0 Å². The summed E-state index contributed by atoms with van der Waals surface area (Å²) in [5.74, 6) is 1.81. The molecule has 0 radical (unpaired) electrons. The van der Waals surface area contributed by atoms with Gasteiger partial charge in [-0.3, -0.25) is 0 Å². The molecule has 0 amide bonds. The third-order valence-electron chi connectivity index (χ3n) is 6.10. The van der Waals surface area contributed by atoms with Crippen LogP contribution in [0.15, 0.2) is 0 Å². The average molecular weight is 295 g/mol. The second-order valence-electron chi connectivity index (χ2n) is 8.57. The Morgan fingerprint density at radius 1 is 1.05 bits per heavy atom. The highest BCUT2D eigenvalue weighted by molar-refractivity contribution is 4.87. The molecule has 1 saturated heterocycles. The molecule has 2 rings (SSSR count). The van der Waals surface area contributed by atoms with Gasteiger partial charge in [-0.15, -0.1) is 0 Å². The van der Waals surface area contributed by atoms with Gasteiger partial charge in [0.1, 0.15) is 0 Å². The Morgan fingerprint density at radius 2 is 1.76 bits per heavy atom. The van der Waals surface area contributed by atoms with Crippen LogP contribution in [0, 0.1) is 17.3 Å². The lowest BCUT2D eigenvalue weighted by atomic mass is 9.76. The molecule has 0 aromatic carbocycles. The van der Waals surface area contributed by atoms with Crippen molar-refractivity contribution in [2.24, 2.45) is 23.0 Å². The number of likely N-dealkylation sites (tertiary alicyclic amines) is 1. The molecule has 21 heavy (non-hydrogen) atoms.